The van der Waals surface area contributed by atoms with Gasteiger partial charge >= 0.3 is 0 Å². The van der Waals surface area contributed by atoms with Gasteiger partial charge in [-0.3, -0.25) is 0 Å². The number of benzene rings is 2. The summed E-state index contributed by atoms with van der Waals surface area (Å²) < 4.78 is 5.69. The van der Waals surface area contributed by atoms with Crippen molar-refractivity contribution in [3.63, 3.8) is 0 Å². The number of halogens is 1. The lowest BCUT2D eigenvalue weighted by molar-refractivity contribution is 0.334. The Morgan fingerprint density at radius 1 is 1.11 bits per heavy atom. The second-order valence-corrected chi connectivity index (χ2v) is 4.15. The summed E-state index contributed by atoms with van der Waals surface area (Å²) in [5, 5.41) is 2.42. The summed E-state index contributed by atoms with van der Waals surface area (Å²) >= 11 is 0. The molecule has 98 valence electrons. The molecule has 0 aliphatic rings. The fraction of sp³-hybridized carbons (Fsp3) is 0.333. The Bertz CT molecular complexity index is 513. The Morgan fingerprint density at radius 3 is 2.50 bits per heavy atom. The maximum Gasteiger partial charge on any atom is 0.124 e. The molecule has 0 saturated carbocycles. The topological polar surface area (TPSA) is 35.2 Å². The fourth-order valence-corrected chi connectivity index (χ4v) is 2.14. The molecule has 2 nitrogen and oxygen atoms in total. The average molecular weight is 266 g/mol. The molecule has 0 saturated heterocycles. The van der Waals surface area contributed by atoms with Gasteiger partial charge in [0.1, 0.15) is 5.75 Å². The zero-order chi connectivity index (χ0) is 12.3. The van der Waals surface area contributed by atoms with Crippen molar-refractivity contribution in [2.24, 2.45) is 5.73 Å². The van der Waals surface area contributed by atoms with E-state index in [-0.39, 0.29) is 18.4 Å². The maximum absolute atomic E-state index is 6.21. The van der Waals surface area contributed by atoms with Crippen molar-refractivity contribution in [1.82, 2.24) is 0 Å². The standard InChI is InChI=1S/C15H19NO.ClH/c1-3-13(16)15-12-8-6-5-7-11(12)9-10-14(15)17-4-2;/h5-10,13H,3-4,16H2,1-2H3;1H/t13-;/m1./s1. The van der Waals surface area contributed by atoms with E-state index in [1.54, 1.807) is 0 Å². The number of ether oxygens (including phenoxy) is 1. The van der Waals surface area contributed by atoms with Crippen LogP contribution >= 0.6 is 12.4 Å². The highest BCUT2D eigenvalue weighted by atomic mass is 35.5. The Labute approximate surface area is 115 Å². The van der Waals surface area contributed by atoms with Gasteiger partial charge in [0.05, 0.1) is 6.61 Å². The quantitative estimate of drug-likeness (QED) is 0.904. The van der Waals surface area contributed by atoms with Gasteiger partial charge in [0.25, 0.3) is 0 Å². The zero-order valence-corrected chi connectivity index (χ0v) is 11.7. The molecule has 0 bridgehead atoms. The zero-order valence-electron chi connectivity index (χ0n) is 10.8. The first-order valence-corrected chi connectivity index (χ1v) is 6.18. The highest BCUT2D eigenvalue weighted by Crippen LogP contribution is 2.33. The van der Waals surface area contributed by atoms with Crippen LogP contribution in [0.25, 0.3) is 10.8 Å². The van der Waals surface area contributed by atoms with Gasteiger partial charge in [-0.25, -0.2) is 0 Å². The predicted molar refractivity (Wildman–Crippen MR) is 79.6 cm³/mol. The molecule has 0 aliphatic carbocycles. The van der Waals surface area contributed by atoms with Crippen molar-refractivity contribution in [3.05, 3.63) is 42.0 Å². The first-order chi connectivity index (χ1) is 8.27. The lowest BCUT2D eigenvalue weighted by Crippen LogP contribution is -2.11. The molecule has 0 heterocycles. The lowest BCUT2D eigenvalue weighted by atomic mass is 9.96. The number of hydrogen-bond donors (Lipinski definition) is 1. The summed E-state index contributed by atoms with van der Waals surface area (Å²) in [4.78, 5) is 0. The Hall–Kier alpha value is -1.25. The van der Waals surface area contributed by atoms with Crippen LogP contribution in [0.2, 0.25) is 0 Å². The molecular weight excluding hydrogens is 246 g/mol. The van der Waals surface area contributed by atoms with Crippen LogP contribution in [0.1, 0.15) is 31.9 Å². The normalized spacial score (nSPS) is 11.9. The van der Waals surface area contributed by atoms with Gasteiger partial charge < -0.3 is 10.5 Å². The minimum atomic E-state index is 0. The summed E-state index contributed by atoms with van der Waals surface area (Å²) in [6.45, 7) is 4.76. The summed E-state index contributed by atoms with van der Waals surface area (Å²) in [5.41, 5.74) is 7.34. The van der Waals surface area contributed by atoms with Gasteiger partial charge in [-0.2, -0.15) is 0 Å². The molecule has 0 spiro atoms. The minimum absolute atomic E-state index is 0. The number of nitrogens with two attached hydrogens (primary N) is 1. The molecule has 3 heteroatoms. The van der Waals surface area contributed by atoms with Gasteiger partial charge in [-0.1, -0.05) is 37.3 Å². The van der Waals surface area contributed by atoms with Gasteiger partial charge in [-0.15, -0.1) is 12.4 Å². The molecule has 0 unspecified atom stereocenters. The summed E-state index contributed by atoms with van der Waals surface area (Å²) in [5.74, 6) is 0.917. The van der Waals surface area contributed by atoms with E-state index in [9.17, 15) is 0 Å². The first kappa shape index (κ1) is 14.8. The van der Waals surface area contributed by atoms with E-state index in [0.717, 1.165) is 17.7 Å². The van der Waals surface area contributed by atoms with Crippen molar-refractivity contribution in [2.45, 2.75) is 26.3 Å². The molecule has 0 amide bonds. The number of rotatable bonds is 4. The van der Waals surface area contributed by atoms with Crippen LogP contribution < -0.4 is 10.5 Å². The molecule has 0 radical (unpaired) electrons. The number of fused-ring (bicyclic) bond motifs is 1. The third-order valence-corrected chi connectivity index (χ3v) is 3.04. The second-order valence-electron chi connectivity index (χ2n) is 4.15. The molecule has 18 heavy (non-hydrogen) atoms. The van der Waals surface area contributed by atoms with Crippen LogP contribution in [0, 0.1) is 0 Å². The lowest BCUT2D eigenvalue weighted by Gasteiger charge is -2.17. The van der Waals surface area contributed by atoms with Crippen molar-refractivity contribution < 1.29 is 4.74 Å². The highest BCUT2D eigenvalue weighted by Gasteiger charge is 2.14. The van der Waals surface area contributed by atoms with Crippen molar-refractivity contribution in [2.75, 3.05) is 6.61 Å². The molecule has 2 aromatic carbocycles. The monoisotopic (exact) mass is 265 g/mol. The Kier molecular flexibility index (Phi) is 5.45. The van der Waals surface area contributed by atoms with E-state index in [4.69, 9.17) is 10.5 Å². The molecule has 2 rings (SSSR count). The van der Waals surface area contributed by atoms with Gasteiger partial charge in [0.15, 0.2) is 0 Å². The van der Waals surface area contributed by atoms with Crippen LogP contribution in [0.4, 0.5) is 0 Å². The molecule has 0 aromatic heterocycles. The third-order valence-electron chi connectivity index (χ3n) is 3.04. The highest BCUT2D eigenvalue weighted by molar-refractivity contribution is 5.88. The minimum Gasteiger partial charge on any atom is -0.494 e. The van der Waals surface area contributed by atoms with Crippen molar-refractivity contribution in [3.8, 4) is 5.75 Å². The van der Waals surface area contributed by atoms with E-state index in [1.165, 1.54) is 10.8 Å². The number of hydrogen-bond acceptors (Lipinski definition) is 2. The van der Waals surface area contributed by atoms with Crippen LogP contribution in [-0.2, 0) is 0 Å². The van der Waals surface area contributed by atoms with Crippen molar-refractivity contribution >= 4 is 23.2 Å². The average Bonchev–Trinajstić information content (AvgIpc) is 2.38. The first-order valence-electron chi connectivity index (χ1n) is 6.18. The fourth-order valence-electron chi connectivity index (χ4n) is 2.14. The SMILES string of the molecule is CCOc1ccc2ccccc2c1[C@H](N)CC.Cl. The Morgan fingerprint density at radius 2 is 1.83 bits per heavy atom. The van der Waals surface area contributed by atoms with E-state index in [1.807, 2.05) is 25.1 Å². The van der Waals surface area contributed by atoms with E-state index >= 15 is 0 Å². The smallest absolute Gasteiger partial charge is 0.124 e. The predicted octanol–water partition coefficient (Wildman–Crippen LogP) is 4.07. The summed E-state index contributed by atoms with van der Waals surface area (Å²) in [6, 6.07) is 12.5. The van der Waals surface area contributed by atoms with Crippen LogP contribution in [-0.4, -0.2) is 6.61 Å². The summed E-state index contributed by atoms with van der Waals surface area (Å²) in [7, 11) is 0. The van der Waals surface area contributed by atoms with E-state index in [2.05, 4.69) is 25.1 Å². The van der Waals surface area contributed by atoms with Crippen LogP contribution in [0.15, 0.2) is 36.4 Å². The molecule has 0 fully saturated rings. The van der Waals surface area contributed by atoms with Gasteiger partial charge in [-0.05, 0) is 30.2 Å². The third kappa shape index (κ3) is 2.77. The maximum atomic E-state index is 6.21. The molecule has 2 N–H and O–H groups in total. The second kappa shape index (κ2) is 6.62. The largest absolute Gasteiger partial charge is 0.494 e. The molecule has 0 aliphatic heterocycles. The Balaban J connectivity index is 0.00000162. The van der Waals surface area contributed by atoms with E-state index < -0.39 is 0 Å². The molecule has 1 atom stereocenters. The van der Waals surface area contributed by atoms with Crippen LogP contribution in [0.3, 0.4) is 0 Å². The van der Waals surface area contributed by atoms with Crippen molar-refractivity contribution in [1.29, 1.82) is 0 Å². The van der Waals surface area contributed by atoms with E-state index in [0.29, 0.717) is 6.61 Å². The van der Waals surface area contributed by atoms with Gasteiger partial charge in [0, 0.05) is 11.6 Å². The summed E-state index contributed by atoms with van der Waals surface area (Å²) in [6.07, 6.45) is 0.911. The molecular formula is C15H20ClNO. The molecule has 2 aromatic rings. The van der Waals surface area contributed by atoms with Crippen LogP contribution in [0.5, 0.6) is 5.75 Å². The van der Waals surface area contributed by atoms with Gasteiger partial charge in [0.2, 0.25) is 0 Å².